The Hall–Kier alpha value is -1.29. The Morgan fingerprint density at radius 2 is 2.00 bits per heavy atom. The first kappa shape index (κ1) is 21.7. The molecule has 0 aliphatic rings. The lowest BCUT2D eigenvalue weighted by atomic mass is 9.99. The van der Waals surface area contributed by atoms with Gasteiger partial charge in [-0.05, 0) is 48.7 Å². The molecular formula is C19H28BrNO3Si. The van der Waals surface area contributed by atoms with Gasteiger partial charge in [0, 0.05) is 10.0 Å². The second-order valence-electron chi connectivity index (χ2n) is 7.55. The van der Waals surface area contributed by atoms with Gasteiger partial charge >= 0.3 is 6.09 Å². The average Bonchev–Trinajstić information content (AvgIpc) is 2.47. The lowest BCUT2D eigenvalue weighted by Gasteiger charge is -2.42. The van der Waals surface area contributed by atoms with Crippen molar-refractivity contribution in [1.82, 2.24) is 0 Å². The molecule has 138 valence electrons. The Bertz CT molecular complexity index is 703. The summed E-state index contributed by atoms with van der Waals surface area (Å²) in [6.07, 6.45) is -1.10. The van der Waals surface area contributed by atoms with E-state index in [-0.39, 0.29) is 5.04 Å². The van der Waals surface area contributed by atoms with Gasteiger partial charge in [-0.15, -0.1) is 0 Å². The van der Waals surface area contributed by atoms with Gasteiger partial charge in [0.1, 0.15) is 0 Å². The Balaban J connectivity index is 2.95. The number of halogens is 1. The highest BCUT2D eigenvalue weighted by molar-refractivity contribution is 9.10. The minimum absolute atomic E-state index is 0.136. The van der Waals surface area contributed by atoms with E-state index in [2.05, 4.69) is 73.9 Å². The van der Waals surface area contributed by atoms with Crippen LogP contribution in [0.1, 0.15) is 38.8 Å². The maximum absolute atomic E-state index is 11.0. The van der Waals surface area contributed by atoms with Gasteiger partial charge in [0.15, 0.2) is 8.32 Å². The standard InChI is InChI=1S/C19H28BrNO3Si/c1-13(2)19(4,5)25(6,7)24-10-8-9-15-12-16(20)14(3)11-17(15)21-18(22)23/h11-13,21H,10H2,1-7H3,(H,22,23). The molecular weight excluding hydrogens is 398 g/mol. The van der Waals surface area contributed by atoms with Crippen LogP contribution in [0, 0.1) is 24.7 Å². The van der Waals surface area contributed by atoms with Gasteiger partial charge in [-0.1, -0.05) is 55.5 Å². The van der Waals surface area contributed by atoms with Gasteiger partial charge < -0.3 is 9.53 Å². The lowest BCUT2D eigenvalue weighted by Crippen LogP contribution is -2.45. The molecule has 0 bridgehead atoms. The molecule has 1 rings (SSSR count). The summed E-state index contributed by atoms with van der Waals surface area (Å²) in [5, 5.41) is 11.5. The van der Waals surface area contributed by atoms with E-state index in [9.17, 15) is 4.79 Å². The number of aryl methyl sites for hydroxylation is 1. The van der Waals surface area contributed by atoms with Crippen LogP contribution >= 0.6 is 15.9 Å². The Morgan fingerprint density at radius 1 is 1.40 bits per heavy atom. The normalized spacial score (nSPS) is 11.9. The summed E-state index contributed by atoms with van der Waals surface area (Å²) in [5.74, 6) is 6.60. The number of hydrogen-bond acceptors (Lipinski definition) is 2. The van der Waals surface area contributed by atoms with Crippen molar-refractivity contribution in [3.05, 3.63) is 27.7 Å². The summed E-state index contributed by atoms with van der Waals surface area (Å²) < 4.78 is 7.06. The third-order valence-corrected chi connectivity index (χ3v) is 10.7. The molecule has 0 saturated heterocycles. The van der Waals surface area contributed by atoms with Crippen LogP contribution in [-0.2, 0) is 4.43 Å². The van der Waals surface area contributed by atoms with Crippen molar-refractivity contribution in [1.29, 1.82) is 0 Å². The van der Waals surface area contributed by atoms with Crippen molar-refractivity contribution in [3.8, 4) is 11.8 Å². The van der Waals surface area contributed by atoms with Gasteiger partial charge in [0.2, 0.25) is 0 Å². The Labute approximate surface area is 160 Å². The lowest BCUT2D eigenvalue weighted by molar-refractivity contribution is 0.209. The van der Waals surface area contributed by atoms with Crippen molar-refractivity contribution in [2.24, 2.45) is 5.92 Å². The molecule has 4 nitrogen and oxygen atoms in total. The molecule has 0 aliphatic heterocycles. The Morgan fingerprint density at radius 3 is 2.52 bits per heavy atom. The predicted molar refractivity (Wildman–Crippen MR) is 110 cm³/mol. The second-order valence-corrected chi connectivity index (χ2v) is 13.0. The molecule has 0 unspecified atom stereocenters. The molecule has 2 N–H and O–H groups in total. The fraction of sp³-hybridized carbons (Fsp3) is 0.526. The van der Waals surface area contributed by atoms with E-state index in [1.807, 2.05) is 13.0 Å². The third kappa shape index (κ3) is 5.60. The third-order valence-electron chi connectivity index (χ3n) is 5.26. The number of anilines is 1. The summed E-state index contributed by atoms with van der Waals surface area (Å²) in [6.45, 7) is 15.6. The number of amides is 1. The molecule has 1 aromatic rings. The molecule has 0 heterocycles. The number of nitrogens with one attached hydrogen (secondary N) is 1. The zero-order valence-electron chi connectivity index (χ0n) is 16.1. The molecule has 25 heavy (non-hydrogen) atoms. The first-order valence-corrected chi connectivity index (χ1v) is 12.0. The summed E-state index contributed by atoms with van der Waals surface area (Å²) in [5.41, 5.74) is 2.06. The van der Waals surface area contributed by atoms with Crippen molar-refractivity contribution >= 4 is 36.0 Å². The quantitative estimate of drug-likeness (QED) is 0.458. The Kier molecular flexibility index (Phi) is 7.30. The van der Waals surface area contributed by atoms with E-state index in [1.165, 1.54) is 0 Å². The molecule has 0 radical (unpaired) electrons. The molecule has 0 spiro atoms. The number of benzene rings is 1. The van der Waals surface area contributed by atoms with E-state index in [0.717, 1.165) is 10.0 Å². The topological polar surface area (TPSA) is 58.6 Å². The van der Waals surface area contributed by atoms with Crippen LogP contribution in [0.15, 0.2) is 16.6 Å². The maximum Gasteiger partial charge on any atom is 0.409 e. The molecule has 6 heteroatoms. The number of carboxylic acid groups (broad SMARTS) is 1. The van der Waals surface area contributed by atoms with Gasteiger partial charge in [-0.2, -0.15) is 0 Å². The second kappa shape index (κ2) is 8.39. The maximum atomic E-state index is 11.0. The summed E-state index contributed by atoms with van der Waals surface area (Å²) in [7, 11) is -1.91. The first-order chi connectivity index (χ1) is 11.4. The molecule has 0 aliphatic carbocycles. The van der Waals surface area contributed by atoms with E-state index in [0.29, 0.717) is 23.8 Å². The smallest absolute Gasteiger partial charge is 0.409 e. The fourth-order valence-electron chi connectivity index (χ4n) is 2.23. The van der Waals surface area contributed by atoms with E-state index < -0.39 is 14.4 Å². The number of carbonyl (C=O) groups is 1. The average molecular weight is 426 g/mol. The highest BCUT2D eigenvalue weighted by atomic mass is 79.9. The molecule has 0 aromatic heterocycles. The van der Waals surface area contributed by atoms with Crippen LogP contribution < -0.4 is 5.32 Å². The van der Waals surface area contributed by atoms with Crippen LogP contribution in [0.4, 0.5) is 10.5 Å². The molecule has 1 aromatic carbocycles. The summed E-state index contributed by atoms with van der Waals surface area (Å²) >= 11 is 3.46. The van der Waals surface area contributed by atoms with Gasteiger partial charge in [-0.3, -0.25) is 5.32 Å². The van der Waals surface area contributed by atoms with Gasteiger partial charge in [-0.25, -0.2) is 4.79 Å². The van der Waals surface area contributed by atoms with Crippen LogP contribution in [-0.4, -0.2) is 26.1 Å². The number of hydrogen-bond donors (Lipinski definition) is 2. The summed E-state index contributed by atoms with van der Waals surface area (Å²) in [6, 6.07) is 3.60. The summed E-state index contributed by atoms with van der Waals surface area (Å²) in [4.78, 5) is 11.0. The SMILES string of the molecule is Cc1cc(NC(=O)O)c(C#CCO[Si](C)(C)C(C)(C)C(C)C)cc1Br. The first-order valence-electron chi connectivity index (χ1n) is 8.31. The van der Waals surface area contributed by atoms with Crippen molar-refractivity contribution in [3.63, 3.8) is 0 Å². The highest BCUT2D eigenvalue weighted by Crippen LogP contribution is 2.44. The van der Waals surface area contributed by atoms with Crippen molar-refractivity contribution in [2.45, 2.75) is 52.8 Å². The molecule has 0 fully saturated rings. The minimum atomic E-state index is -1.91. The van der Waals surface area contributed by atoms with E-state index >= 15 is 0 Å². The molecule has 0 saturated carbocycles. The zero-order valence-corrected chi connectivity index (χ0v) is 18.7. The van der Waals surface area contributed by atoms with Crippen LogP contribution in [0.3, 0.4) is 0 Å². The van der Waals surface area contributed by atoms with Gasteiger partial charge in [0.05, 0.1) is 12.3 Å². The fourth-order valence-corrected chi connectivity index (χ4v) is 4.77. The highest BCUT2D eigenvalue weighted by Gasteiger charge is 2.43. The van der Waals surface area contributed by atoms with Crippen LogP contribution in [0.5, 0.6) is 0 Å². The molecule has 1 amide bonds. The molecule has 0 atom stereocenters. The zero-order chi connectivity index (χ0) is 19.4. The number of rotatable bonds is 5. The van der Waals surface area contributed by atoms with Crippen LogP contribution in [0.2, 0.25) is 18.1 Å². The monoisotopic (exact) mass is 425 g/mol. The van der Waals surface area contributed by atoms with E-state index in [1.54, 1.807) is 6.07 Å². The largest absolute Gasteiger partial charge is 0.465 e. The van der Waals surface area contributed by atoms with Crippen LogP contribution in [0.25, 0.3) is 0 Å². The minimum Gasteiger partial charge on any atom is -0.465 e. The predicted octanol–water partition coefficient (Wildman–Crippen LogP) is 5.86. The van der Waals surface area contributed by atoms with Gasteiger partial charge in [0.25, 0.3) is 0 Å². The van der Waals surface area contributed by atoms with E-state index in [4.69, 9.17) is 9.53 Å². The van der Waals surface area contributed by atoms with Crippen molar-refractivity contribution < 1.29 is 14.3 Å². The van der Waals surface area contributed by atoms with Crippen molar-refractivity contribution in [2.75, 3.05) is 11.9 Å².